The van der Waals surface area contributed by atoms with Crippen LogP contribution in [0.25, 0.3) is 11.5 Å². The molecule has 0 saturated carbocycles. The fourth-order valence-electron chi connectivity index (χ4n) is 3.74. The maximum atomic E-state index is 12.5. The van der Waals surface area contributed by atoms with Gasteiger partial charge in [-0.15, -0.1) is 23.4 Å². The number of hydrogen-bond donors (Lipinski definition) is 1. The first-order valence-electron chi connectivity index (χ1n) is 9.25. The molecule has 162 valence electrons. The van der Waals surface area contributed by atoms with E-state index < -0.39 is 11.8 Å². The summed E-state index contributed by atoms with van der Waals surface area (Å²) in [6.07, 6.45) is 0.828. The van der Waals surface area contributed by atoms with Crippen molar-refractivity contribution in [1.82, 2.24) is 15.2 Å². The van der Waals surface area contributed by atoms with E-state index >= 15 is 0 Å². The first kappa shape index (κ1) is 20.6. The number of fused-ring (bicyclic) bond motifs is 1. The van der Waals surface area contributed by atoms with E-state index in [0.29, 0.717) is 24.2 Å². The summed E-state index contributed by atoms with van der Waals surface area (Å²) < 4.78 is 52.3. The van der Waals surface area contributed by atoms with Gasteiger partial charge in [0.25, 0.3) is 0 Å². The third kappa shape index (κ3) is 4.60. The van der Waals surface area contributed by atoms with Crippen molar-refractivity contribution in [3.05, 3.63) is 54.2 Å². The highest BCUT2D eigenvalue weighted by atomic mass is 19.4. The average molecular weight is 434 g/mol. The van der Waals surface area contributed by atoms with E-state index in [4.69, 9.17) is 9.15 Å². The molecule has 0 bridgehead atoms. The first-order chi connectivity index (χ1) is 14.8. The molecule has 1 aliphatic rings. The van der Waals surface area contributed by atoms with Crippen LogP contribution in [0, 0.1) is 0 Å². The second-order valence-electron chi connectivity index (χ2n) is 7.35. The van der Waals surface area contributed by atoms with Gasteiger partial charge in [0.1, 0.15) is 11.5 Å². The Morgan fingerprint density at radius 3 is 2.81 bits per heavy atom. The molecule has 0 aliphatic heterocycles. The Balaban J connectivity index is 1.51. The Morgan fingerprint density at radius 1 is 1.26 bits per heavy atom. The van der Waals surface area contributed by atoms with Gasteiger partial charge in [-0.2, -0.15) is 0 Å². The quantitative estimate of drug-likeness (QED) is 0.273. The highest BCUT2D eigenvalue weighted by Gasteiger charge is 2.38. The molecule has 1 atom stereocenters. The summed E-state index contributed by atoms with van der Waals surface area (Å²) >= 11 is 0. The van der Waals surface area contributed by atoms with Crippen molar-refractivity contribution in [2.75, 3.05) is 0 Å². The Hall–Kier alpha value is -3.63. The minimum absolute atomic E-state index is 0.0375. The summed E-state index contributed by atoms with van der Waals surface area (Å²) in [6, 6.07) is 5.89. The summed E-state index contributed by atoms with van der Waals surface area (Å²) in [5.74, 6) is 0.343. The number of halogens is 3. The maximum absolute atomic E-state index is 12.5. The van der Waals surface area contributed by atoms with Crippen molar-refractivity contribution < 1.29 is 32.3 Å². The van der Waals surface area contributed by atoms with Gasteiger partial charge in [-0.3, -0.25) is 4.98 Å². The number of alkyl halides is 3. The van der Waals surface area contributed by atoms with Gasteiger partial charge in [-0.25, -0.2) is 0 Å². The normalized spacial score (nSPS) is 18.6. The molecule has 0 spiro atoms. The average Bonchev–Trinajstić information content (AvgIpc) is 3.35. The zero-order valence-electron chi connectivity index (χ0n) is 16.3. The van der Waals surface area contributed by atoms with E-state index in [0.717, 1.165) is 11.1 Å². The van der Waals surface area contributed by atoms with Crippen molar-refractivity contribution in [2.24, 2.45) is 5.16 Å². The van der Waals surface area contributed by atoms with Crippen LogP contribution in [-0.2, 0) is 11.8 Å². The van der Waals surface area contributed by atoms with Crippen molar-refractivity contribution in [1.29, 1.82) is 0 Å². The lowest BCUT2D eigenvalue weighted by Crippen LogP contribution is -2.26. The number of oxime groups is 1. The number of hydrogen-bond acceptors (Lipinski definition) is 8. The van der Waals surface area contributed by atoms with Crippen LogP contribution in [0.15, 0.2) is 52.6 Å². The summed E-state index contributed by atoms with van der Waals surface area (Å²) in [4.78, 5) is 4.06. The molecule has 0 saturated heterocycles. The minimum atomic E-state index is -4.75. The van der Waals surface area contributed by atoms with E-state index in [1.54, 1.807) is 12.1 Å². The van der Waals surface area contributed by atoms with Crippen LogP contribution in [0.2, 0.25) is 0 Å². The summed E-state index contributed by atoms with van der Waals surface area (Å²) in [5.41, 5.74) is 1.64. The molecule has 2 aromatic heterocycles. The van der Waals surface area contributed by atoms with Crippen LogP contribution in [0.5, 0.6) is 11.5 Å². The van der Waals surface area contributed by atoms with E-state index in [9.17, 15) is 18.4 Å². The standard InChI is InChI=1S/C20H17F3N4O4/c1-19(5-4-12-6-14(2-3-16(12)19)31-20(21,22)23)8-17(27-28)30-15-7-13(9-24-10-15)18-26-25-11-29-18/h2-3,6-7,9-11,28H,4-5,8H2,1H3/b27-17+/t19-/m0/s1. The van der Waals surface area contributed by atoms with Gasteiger partial charge in [0.15, 0.2) is 0 Å². The Bertz CT molecular complexity index is 1100. The molecule has 0 fully saturated rings. The number of pyridine rings is 1. The molecule has 0 amide bonds. The summed E-state index contributed by atoms with van der Waals surface area (Å²) in [6.45, 7) is 1.94. The minimum Gasteiger partial charge on any atom is -0.438 e. The zero-order valence-corrected chi connectivity index (χ0v) is 16.3. The SMILES string of the molecule is C[C@@]1(C/C(=N\O)Oc2cncc(-c3nnco3)c2)CCc2cc(OC(F)(F)F)ccc21. The molecule has 31 heavy (non-hydrogen) atoms. The smallest absolute Gasteiger partial charge is 0.438 e. The molecule has 1 N–H and O–H groups in total. The Morgan fingerprint density at radius 2 is 2.10 bits per heavy atom. The van der Waals surface area contributed by atoms with Gasteiger partial charge in [0, 0.05) is 18.0 Å². The van der Waals surface area contributed by atoms with Crippen LogP contribution in [-0.4, -0.2) is 32.6 Å². The molecular formula is C20H17F3N4O4. The molecule has 0 unspecified atom stereocenters. The van der Waals surface area contributed by atoms with E-state index in [1.165, 1.54) is 30.9 Å². The number of ether oxygens (including phenoxy) is 2. The molecule has 8 nitrogen and oxygen atoms in total. The number of benzene rings is 1. The van der Waals surface area contributed by atoms with Gasteiger partial charge in [-0.05, 0) is 42.2 Å². The monoisotopic (exact) mass is 434 g/mol. The lowest BCUT2D eigenvalue weighted by Gasteiger charge is -2.25. The largest absolute Gasteiger partial charge is 0.573 e. The van der Waals surface area contributed by atoms with Crippen molar-refractivity contribution in [3.63, 3.8) is 0 Å². The van der Waals surface area contributed by atoms with Crippen LogP contribution in [0.3, 0.4) is 0 Å². The van der Waals surface area contributed by atoms with Gasteiger partial charge in [0.05, 0.1) is 11.8 Å². The molecular weight excluding hydrogens is 417 g/mol. The molecule has 1 aromatic carbocycles. The van der Waals surface area contributed by atoms with Gasteiger partial charge in [-0.1, -0.05) is 18.1 Å². The third-order valence-electron chi connectivity index (χ3n) is 5.12. The second-order valence-corrected chi connectivity index (χ2v) is 7.35. The number of aryl methyl sites for hydroxylation is 1. The molecule has 1 aliphatic carbocycles. The fourth-order valence-corrected chi connectivity index (χ4v) is 3.74. The van der Waals surface area contributed by atoms with Crippen LogP contribution < -0.4 is 9.47 Å². The molecule has 2 heterocycles. The van der Waals surface area contributed by atoms with Gasteiger partial charge >= 0.3 is 6.36 Å². The van der Waals surface area contributed by atoms with E-state index in [2.05, 4.69) is 25.1 Å². The summed E-state index contributed by atoms with van der Waals surface area (Å²) in [7, 11) is 0. The van der Waals surface area contributed by atoms with Crippen LogP contribution in [0.4, 0.5) is 13.2 Å². The lowest BCUT2D eigenvalue weighted by atomic mass is 9.81. The van der Waals surface area contributed by atoms with Crippen molar-refractivity contribution >= 4 is 5.90 Å². The fraction of sp³-hybridized carbons (Fsp3) is 0.300. The lowest BCUT2D eigenvalue weighted by molar-refractivity contribution is -0.274. The van der Waals surface area contributed by atoms with Crippen molar-refractivity contribution in [3.8, 4) is 23.0 Å². The highest BCUT2D eigenvalue weighted by molar-refractivity contribution is 5.80. The van der Waals surface area contributed by atoms with Crippen LogP contribution in [0.1, 0.15) is 30.9 Å². The molecule has 4 rings (SSSR count). The van der Waals surface area contributed by atoms with E-state index in [1.807, 2.05) is 6.92 Å². The van der Waals surface area contributed by atoms with Crippen LogP contribution >= 0.6 is 0 Å². The van der Waals surface area contributed by atoms with E-state index in [-0.39, 0.29) is 24.0 Å². The predicted octanol–water partition coefficient (Wildman–Crippen LogP) is 4.49. The molecule has 0 radical (unpaired) electrons. The third-order valence-corrected chi connectivity index (χ3v) is 5.12. The Kier molecular flexibility index (Phi) is 5.25. The number of aromatic nitrogens is 3. The second kappa shape index (κ2) is 7.89. The topological polar surface area (TPSA) is 103 Å². The zero-order chi connectivity index (χ0) is 22.1. The van der Waals surface area contributed by atoms with Gasteiger partial charge in [0.2, 0.25) is 18.2 Å². The molecule has 11 heteroatoms. The number of rotatable bonds is 5. The highest BCUT2D eigenvalue weighted by Crippen LogP contribution is 2.43. The van der Waals surface area contributed by atoms with Crippen molar-refractivity contribution in [2.45, 2.75) is 38.0 Å². The maximum Gasteiger partial charge on any atom is 0.573 e. The number of nitrogens with zero attached hydrogens (tertiary/aromatic N) is 4. The summed E-state index contributed by atoms with van der Waals surface area (Å²) in [5, 5.41) is 20.2. The predicted molar refractivity (Wildman–Crippen MR) is 101 cm³/mol. The van der Waals surface area contributed by atoms with Gasteiger partial charge < -0.3 is 19.1 Å². The Labute approximate surface area is 174 Å². The first-order valence-corrected chi connectivity index (χ1v) is 9.25. The molecule has 3 aromatic rings.